The number of benzene rings is 1. The van der Waals surface area contributed by atoms with Crippen LogP contribution >= 0.6 is 11.6 Å². The highest BCUT2D eigenvalue weighted by atomic mass is 35.5. The van der Waals surface area contributed by atoms with Crippen LogP contribution in [0.2, 0.25) is 5.02 Å². The van der Waals surface area contributed by atoms with Crippen LogP contribution in [-0.4, -0.2) is 14.2 Å². The summed E-state index contributed by atoms with van der Waals surface area (Å²) in [4.78, 5) is 0. The van der Waals surface area contributed by atoms with Crippen molar-refractivity contribution in [2.24, 2.45) is 0 Å². The number of furan rings is 1. The Kier molecular flexibility index (Phi) is 3.71. The third-order valence-electron chi connectivity index (χ3n) is 2.53. The van der Waals surface area contributed by atoms with Crippen molar-refractivity contribution in [1.82, 2.24) is 5.32 Å². The van der Waals surface area contributed by atoms with Gasteiger partial charge in [0, 0.05) is 16.1 Å². The van der Waals surface area contributed by atoms with Crippen molar-refractivity contribution in [3.63, 3.8) is 0 Å². The highest BCUT2D eigenvalue weighted by Gasteiger charge is 2.13. The average molecular weight is 252 g/mol. The number of hydrogen-bond acceptors (Lipinski definition) is 3. The molecule has 3 nitrogen and oxygen atoms in total. The molecule has 90 valence electrons. The third-order valence-corrected chi connectivity index (χ3v) is 2.77. The first-order valence-corrected chi connectivity index (χ1v) is 5.69. The second-order valence-electron chi connectivity index (χ2n) is 3.63. The maximum Gasteiger partial charge on any atom is 0.126 e. The number of nitrogens with one attached hydrogen (secondary N) is 1. The molecule has 0 aliphatic heterocycles. The lowest BCUT2D eigenvalue weighted by atomic mass is 10.1. The van der Waals surface area contributed by atoms with Gasteiger partial charge in [0.05, 0.1) is 19.9 Å². The van der Waals surface area contributed by atoms with E-state index in [0.29, 0.717) is 11.6 Å². The number of hydrogen-bond donors (Lipinski definition) is 1. The van der Waals surface area contributed by atoms with Gasteiger partial charge < -0.3 is 14.5 Å². The van der Waals surface area contributed by atoms with E-state index in [-0.39, 0.29) is 0 Å². The summed E-state index contributed by atoms with van der Waals surface area (Å²) in [7, 11) is 3.52. The highest BCUT2D eigenvalue weighted by Crippen LogP contribution is 2.35. The monoisotopic (exact) mass is 251 g/mol. The van der Waals surface area contributed by atoms with Gasteiger partial charge in [-0.2, -0.15) is 0 Å². The lowest BCUT2D eigenvalue weighted by molar-refractivity contribution is 0.416. The summed E-state index contributed by atoms with van der Waals surface area (Å²) in [5.41, 5.74) is 1.94. The molecule has 1 heterocycles. The fourth-order valence-corrected chi connectivity index (χ4v) is 1.94. The van der Waals surface area contributed by atoms with Crippen LogP contribution in [0.4, 0.5) is 0 Å². The molecule has 0 saturated heterocycles. The minimum Gasteiger partial charge on any atom is -0.496 e. The van der Waals surface area contributed by atoms with Crippen molar-refractivity contribution in [1.29, 1.82) is 0 Å². The van der Waals surface area contributed by atoms with E-state index in [2.05, 4.69) is 5.32 Å². The van der Waals surface area contributed by atoms with E-state index in [1.165, 1.54) is 0 Å². The van der Waals surface area contributed by atoms with Gasteiger partial charge in [0.2, 0.25) is 0 Å². The Labute approximate surface area is 105 Å². The van der Waals surface area contributed by atoms with Crippen LogP contribution in [0.25, 0.3) is 11.1 Å². The SMILES string of the molecule is CNCc1occc1-c1cc(Cl)ccc1OC. The van der Waals surface area contributed by atoms with Crippen molar-refractivity contribution in [3.8, 4) is 16.9 Å². The molecule has 1 aromatic carbocycles. The minimum atomic E-state index is 0.665. The van der Waals surface area contributed by atoms with Crippen LogP contribution in [0.15, 0.2) is 34.9 Å². The van der Waals surface area contributed by atoms with Gasteiger partial charge in [-0.3, -0.25) is 0 Å². The van der Waals surface area contributed by atoms with Gasteiger partial charge in [-0.25, -0.2) is 0 Å². The average Bonchev–Trinajstić information content (AvgIpc) is 2.77. The lowest BCUT2D eigenvalue weighted by Gasteiger charge is -2.09. The Hall–Kier alpha value is -1.45. The van der Waals surface area contributed by atoms with Crippen LogP contribution in [0.3, 0.4) is 0 Å². The van der Waals surface area contributed by atoms with E-state index < -0.39 is 0 Å². The van der Waals surface area contributed by atoms with E-state index in [4.69, 9.17) is 20.8 Å². The van der Waals surface area contributed by atoms with E-state index in [1.807, 2.05) is 31.3 Å². The first-order chi connectivity index (χ1) is 8.26. The number of rotatable bonds is 4. The zero-order valence-corrected chi connectivity index (χ0v) is 10.5. The summed E-state index contributed by atoms with van der Waals surface area (Å²) in [5.74, 6) is 1.65. The van der Waals surface area contributed by atoms with Crippen LogP contribution < -0.4 is 10.1 Å². The first kappa shape index (κ1) is 12.0. The number of halogens is 1. The maximum absolute atomic E-state index is 6.02. The largest absolute Gasteiger partial charge is 0.496 e. The van der Waals surface area contributed by atoms with Gasteiger partial charge in [-0.05, 0) is 31.3 Å². The molecule has 0 spiro atoms. The molecule has 4 heteroatoms. The van der Waals surface area contributed by atoms with E-state index in [1.54, 1.807) is 13.4 Å². The molecule has 0 atom stereocenters. The van der Waals surface area contributed by atoms with Crippen molar-refractivity contribution in [2.45, 2.75) is 6.54 Å². The second kappa shape index (κ2) is 5.25. The van der Waals surface area contributed by atoms with Crippen LogP contribution in [0.1, 0.15) is 5.76 Å². The Balaban J connectivity index is 2.51. The van der Waals surface area contributed by atoms with Crippen LogP contribution in [0.5, 0.6) is 5.75 Å². The predicted molar refractivity (Wildman–Crippen MR) is 68.5 cm³/mol. The predicted octanol–water partition coefficient (Wildman–Crippen LogP) is 3.33. The standard InChI is InChI=1S/C13H14ClNO2/c1-15-8-13-10(5-6-17-13)11-7-9(14)3-4-12(11)16-2/h3-7,15H,8H2,1-2H3. The molecule has 1 aromatic heterocycles. The molecule has 0 unspecified atom stereocenters. The highest BCUT2D eigenvalue weighted by molar-refractivity contribution is 6.31. The van der Waals surface area contributed by atoms with Gasteiger partial charge in [-0.1, -0.05) is 11.6 Å². The summed E-state index contributed by atoms with van der Waals surface area (Å²) in [6, 6.07) is 7.46. The third kappa shape index (κ3) is 2.46. The van der Waals surface area contributed by atoms with Gasteiger partial charge in [0.1, 0.15) is 11.5 Å². The van der Waals surface area contributed by atoms with Crippen LogP contribution in [0, 0.1) is 0 Å². The first-order valence-electron chi connectivity index (χ1n) is 5.31. The van der Waals surface area contributed by atoms with Gasteiger partial charge in [-0.15, -0.1) is 0 Å². The van der Waals surface area contributed by atoms with E-state index in [9.17, 15) is 0 Å². The molecule has 0 bridgehead atoms. The van der Waals surface area contributed by atoms with Gasteiger partial charge >= 0.3 is 0 Å². The summed E-state index contributed by atoms with van der Waals surface area (Å²) in [5, 5.41) is 3.74. The smallest absolute Gasteiger partial charge is 0.126 e. The number of ether oxygens (including phenoxy) is 1. The zero-order chi connectivity index (χ0) is 12.3. The Morgan fingerprint density at radius 1 is 1.29 bits per heavy atom. The Morgan fingerprint density at radius 3 is 2.82 bits per heavy atom. The zero-order valence-electron chi connectivity index (χ0n) is 9.79. The second-order valence-corrected chi connectivity index (χ2v) is 4.07. The summed E-state index contributed by atoms with van der Waals surface area (Å²) in [6.45, 7) is 0.665. The normalized spacial score (nSPS) is 10.5. The molecule has 0 amide bonds. The van der Waals surface area contributed by atoms with E-state index >= 15 is 0 Å². The molecule has 0 aliphatic carbocycles. The maximum atomic E-state index is 6.02. The minimum absolute atomic E-state index is 0.665. The van der Waals surface area contributed by atoms with Gasteiger partial charge in [0.25, 0.3) is 0 Å². The molecule has 0 radical (unpaired) electrons. The van der Waals surface area contributed by atoms with Crippen molar-refractivity contribution < 1.29 is 9.15 Å². The van der Waals surface area contributed by atoms with Crippen molar-refractivity contribution in [3.05, 3.63) is 41.3 Å². The fourth-order valence-electron chi connectivity index (χ4n) is 1.77. The van der Waals surface area contributed by atoms with E-state index in [0.717, 1.165) is 22.6 Å². The van der Waals surface area contributed by atoms with Crippen LogP contribution in [-0.2, 0) is 6.54 Å². The van der Waals surface area contributed by atoms with Crippen molar-refractivity contribution in [2.75, 3.05) is 14.2 Å². The molecule has 0 saturated carbocycles. The summed E-state index contributed by atoms with van der Waals surface area (Å²) >= 11 is 6.02. The van der Waals surface area contributed by atoms with Crippen molar-refractivity contribution >= 4 is 11.6 Å². The topological polar surface area (TPSA) is 34.4 Å². The summed E-state index contributed by atoms with van der Waals surface area (Å²) in [6.07, 6.45) is 1.67. The molecule has 2 rings (SSSR count). The molecule has 17 heavy (non-hydrogen) atoms. The summed E-state index contributed by atoms with van der Waals surface area (Å²) < 4.78 is 10.8. The molecular formula is C13H14ClNO2. The number of methoxy groups -OCH3 is 1. The Morgan fingerprint density at radius 2 is 2.12 bits per heavy atom. The van der Waals surface area contributed by atoms with Gasteiger partial charge in [0.15, 0.2) is 0 Å². The molecule has 2 aromatic rings. The molecule has 0 aliphatic rings. The molecule has 0 fully saturated rings. The fraction of sp³-hybridized carbons (Fsp3) is 0.231. The quantitative estimate of drug-likeness (QED) is 0.905. The Bertz CT molecular complexity index is 508. The molecule has 1 N–H and O–H groups in total. The molecular weight excluding hydrogens is 238 g/mol. The lowest BCUT2D eigenvalue weighted by Crippen LogP contribution is -2.05.